The van der Waals surface area contributed by atoms with Crippen LogP contribution in [0.3, 0.4) is 0 Å². The summed E-state index contributed by atoms with van der Waals surface area (Å²) in [6.45, 7) is 0. The number of aromatic nitrogens is 2. The van der Waals surface area contributed by atoms with Gasteiger partial charge in [-0.05, 0) is 29.4 Å². The molecule has 0 amide bonds. The number of hydrogen-bond acceptors (Lipinski definition) is 3. The molecule has 0 spiro atoms. The van der Waals surface area contributed by atoms with E-state index in [0.717, 1.165) is 5.69 Å². The Morgan fingerprint density at radius 3 is 2.63 bits per heavy atom. The summed E-state index contributed by atoms with van der Waals surface area (Å²) in [6.07, 6.45) is 3.36. The molecule has 19 heavy (non-hydrogen) atoms. The lowest BCUT2D eigenvalue weighted by molar-refractivity contribution is 0.673. The highest BCUT2D eigenvalue weighted by molar-refractivity contribution is 5.86. The van der Waals surface area contributed by atoms with Crippen molar-refractivity contribution in [2.75, 3.05) is 7.05 Å². The number of nitrogens with one attached hydrogen (secondary N) is 1. The third kappa shape index (κ3) is 2.20. The first-order valence-electron chi connectivity index (χ1n) is 6.31. The van der Waals surface area contributed by atoms with Gasteiger partial charge in [-0.3, -0.25) is 0 Å². The van der Waals surface area contributed by atoms with Crippen molar-refractivity contribution in [3.8, 4) is 0 Å². The van der Waals surface area contributed by atoms with Gasteiger partial charge in [0.25, 0.3) is 0 Å². The minimum Gasteiger partial charge on any atom is -0.308 e. The molecule has 0 saturated carbocycles. The van der Waals surface area contributed by atoms with E-state index in [-0.39, 0.29) is 6.04 Å². The molecule has 0 bridgehead atoms. The van der Waals surface area contributed by atoms with Gasteiger partial charge in [-0.2, -0.15) is 0 Å². The van der Waals surface area contributed by atoms with E-state index in [1.165, 1.54) is 16.3 Å². The zero-order valence-electron chi connectivity index (χ0n) is 10.7. The van der Waals surface area contributed by atoms with E-state index >= 15 is 0 Å². The quantitative estimate of drug-likeness (QED) is 0.775. The number of fused-ring (bicyclic) bond motifs is 1. The molecule has 3 nitrogen and oxygen atoms in total. The van der Waals surface area contributed by atoms with E-state index in [9.17, 15) is 0 Å². The molecule has 1 atom stereocenters. The summed E-state index contributed by atoms with van der Waals surface area (Å²) in [5, 5.41) is 5.83. The first kappa shape index (κ1) is 11.8. The van der Waals surface area contributed by atoms with E-state index in [2.05, 4.69) is 57.7 Å². The van der Waals surface area contributed by atoms with Crippen LogP contribution < -0.4 is 5.32 Å². The van der Waals surface area contributed by atoms with Gasteiger partial charge in [-0.15, -0.1) is 0 Å². The Bertz CT molecular complexity index is 674. The number of benzene rings is 2. The second-order valence-corrected chi connectivity index (χ2v) is 4.42. The molecule has 0 fully saturated rings. The van der Waals surface area contributed by atoms with Gasteiger partial charge < -0.3 is 5.32 Å². The molecule has 0 radical (unpaired) electrons. The van der Waals surface area contributed by atoms with Gasteiger partial charge in [0.2, 0.25) is 0 Å². The molecule has 2 aromatic carbocycles. The zero-order valence-corrected chi connectivity index (χ0v) is 10.7. The fraction of sp³-hybridized carbons (Fsp3) is 0.125. The summed E-state index contributed by atoms with van der Waals surface area (Å²) in [7, 11) is 1.95. The van der Waals surface area contributed by atoms with Gasteiger partial charge >= 0.3 is 0 Å². The van der Waals surface area contributed by atoms with Gasteiger partial charge in [0.05, 0.1) is 11.7 Å². The van der Waals surface area contributed by atoms with E-state index in [4.69, 9.17) is 0 Å². The van der Waals surface area contributed by atoms with E-state index in [0.29, 0.717) is 0 Å². The van der Waals surface area contributed by atoms with Crippen LogP contribution in [0, 0.1) is 0 Å². The molecule has 0 aliphatic heterocycles. The van der Waals surface area contributed by atoms with Crippen molar-refractivity contribution >= 4 is 10.8 Å². The first-order valence-corrected chi connectivity index (χ1v) is 6.31. The Morgan fingerprint density at radius 1 is 1.00 bits per heavy atom. The molecule has 1 aromatic heterocycles. The van der Waals surface area contributed by atoms with Crippen LogP contribution in [0.5, 0.6) is 0 Å². The molecular weight excluding hydrogens is 234 g/mol. The Morgan fingerprint density at radius 2 is 1.84 bits per heavy atom. The van der Waals surface area contributed by atoms with Crippen LogP contribution in [0.4, 0.5) is 0 Å². The highest BCUT2D eigenvalue weighted by Crippen LogP contribution is 2.27. The van der Waals surface area contributed by atoms with Gasteiger partial charge in [0.1, 0.15) is 6.33 Å². The Hall–Kier alpha value is -2.26. The minimum atomic E-state index is 0.0779. The molecule has 0 aliphatic rings. The summed E-state index contributed by atoms with van der Waals surface area (Å²) in [6, 6.07) is 16.8. The van der Waals surface area contributed by atoms with Gasteiger partial charge in [0.15, 0.2) is 0 Å². The smallest absolute Gasteiger partial charge is 0.115 e. The summed E-state index contributed by atoms with van der Waals surface area (Å²) < 4.78 is 0. The fourth-order valence-electron chi connectivity index (χ4n) is 2.44. The molecule has 0 saturated heterocycles. The van der Waals surface area contributed by atoms with Crippen LogP contribution in [0.15, 0.2) is 61.1 Å². The molecular formula is C16H15N3. The largest absolute Gasteiger partial charge is 0.308 e. The van der Waals surface area contributed by atoms with Gasteiger partial charge in [0, 0.05) is 6.20 Å². The lowest BCUT2D eigenvalue weighted by atomic mass is 9.97. The summed E-state index contributed by atoms with van der Waals surface area (Å²) >= 11 is 0. The third-order valence-corrected chi connectivity index (χ3v) is 3.32. The second kappa shape index (κ2) is 5.16. The van der Waals surface area contributed by atoms with Crippen molar-refractivity contribution in [2.45, 2.75) is 6.04 Å². The number of hydrogen-bond donors (Lipinski definition) is 1. The van der Waals surface area contributed by atoms with Crippen molar-refractivity contribution in [3.05, 3.63) is 72.3 Å². The van der Waals surface area contributed by atoms with Gasteiger partial charge in [-0.25, -0.2) is 9.97 Å². The minimum absolute atomic E-state index is 0.0779. The Kier molecular flexibility index (Phi) is 3.21. The predicted molar refractivity (Wildman–Crippen MR) is 76.9 cm³/mol. The third-order valence-electron chi connectivity index (χ3n) is 3.32. The average molecular weight is 249 g/mol. The number of rotatable bonds is 3. The van der Waals surface area contributed by atoms with Crippen molar-refractivity contribution in [1.82, 2.24) is 15.3 Å². The van der Waals surface area contributed by atoms with E-state index in [1.54, 1.807) is 12.5 Å². The van der Waals surface area contributed by atoms with Crippen LogP contribution in [0.1, 0.15) is 17.3 Å². The maximum atomic E-state index is 4.36. The van der Waals surface area contributed by atoms with Crippen LogP contribution in [-0.4, -0.2) is 17.0 Å². The first-order chi connectivity index (χ1) is 9.40. The maximum Gasteiger partial charge on any atom is 0.115 e. The van der Waals surface area contributed by atoms with Crippen molar-refractivity contribution in [1.29, 1.82) is 0 Å². The van der Waals surface area contributed by atoms with Crippen molar-refractivity contribution in [3.63, 3.8) is 0 Å². The topological polar surface area (TPSA) is 37.8 Å². The predicted octanol–water partition coefficient (Wildman–Crippen LogP) is 2.94. The summed E-state index contributed by atoms with van der Waals surface area (Å²) in [5.74, 6) is 0. The van der Waals surface area contributed by atoms with Gasteiger partial charge in [-0.1, -0.05) is 42.5 Å². The van der Waals surface area contributed by atoms with E-state index < -0.39 is 0 Å². The standard InChI is InChI=1S/C16H15N3/c1-17-16(15-9-10-18-11-19-15)14-8-4-6-12-5-2-3-7-13(12)14/h2-11,16-17H,1H3. The van der Waals surface area contributed by atoms with E-state index in [1.807, 2.05) is 13.1 Å². The average Bonchev–Trinajstić information content (AvgIpc) is 2.49. The lowest BCUT2D eigenvalue weighted by Crippen LogP contribution is -2.19. The number of nitrogens with zero attached hydrogens (tertiary/aromatic N) is 2. The van der Waals surface area contributed by atoms with Crippen molar-refractivity contribution < 1.29 is 0 Å². The van der Waals surface area contributed by atoms with Crippen LogP contribution in [0.2, 0.25) is 0 Å². The zero-order chi connectivity index (χ0) is 13.1. The molecule has 94 valence electrons. The normalized spacial score (nSPS) is 12.5. The molecule has 1 heterocycles. The van der Waals surface area contributed by atoms with Crippen LogP contribution in [-0.2, 0) is 0 Å². The molecule has 0 aliphatic carbocycles. The summed E-state index contributed by atoms with van der Waals surface area (Å²) in [4.78, 5) is 8.34. The second-order valence-electron chi connectivity index (χ2n) is 4.42. The monoisotopic (exact) mass is 249 g/mol. The molecule has 1 N–H and O–H groups in total. The van der Waals surface area contributed by atoms with Crippen LogP contribution >= 0.6 is 0 Å². The van der Waals surface area contributed by atoms with Crippen LogP contribution in [0.25, 0.3) is 10.8 Å². The van der Waals surface area contributed by atoms with Crippen molar-refractivity contribution in [2.24, 2.45) is 0 Å². The Labute approximate surface area is 112 Å². The maximum absolute atomic E-state index is 4.36. The SMILES string of the molecule is CNC(c1ccncn1)c1cccc2ccccc12. The molecule has 3 aromatic rings. The highest BCUT2D eigenvalue weighted by Gasteiger charge is 2.15. The Balaban J connectivity index is 2.17. The molecule has 3 rings (SSSR count). The summed E-state index contributed by atoms with van der Waals surface area (Å²) in [5.41, 5.74) is 2.22. The molecule has 3 heteroatoms. The fourth-order valence-corrected chi connectivity index (χ4v) is 2.44. The molecule has 1 unspecified atom stereocenters. The lowest BCUT2D eigenvalue weighted by Gasteiger charge is -2.18. The highest BCUT2D eigenvalue weighted by atomic mass is 14.9.